The molecular formula is C14H20ClN3O. The van der Waals surface area contributed by atoms with Crippen molar-refractivity contribution in [1.82, 2.24) is 10.3 Å². The quantitative estimate of drug-likeness (QED) is 0.816. The van der Waals surface area contributed by atoms with Crippen molar-refractivity contribution < 1.29 is 4.79 Å². The SMILES string of the molecule is CCC1(CNC(=O)c2cc(Cl)nc(NC)c2)CCC1. The monoisotopic (exact) mass is 281 g/mol. The van der Waals surface area contributed by atoms with E-state index in [2.05, 4.69) is 22.5 Å². The minimum atomic E-state index is -0.0828. The molecule has 19 heavy (non-hydrogen) atoms. The van der Waals surface area contributed by atoms with E-state index in [4.69, 9.17) is 11.6 Å². The van der Waals surface area contributed by atoms with E-state index >= 15 is 0 Å². The Morgan fingerprint density at radius 3 is 2.74 bits per heavy atom. The molecule has 2 N–H and O–H groups in total. The van der Waals surface area contributed by atoms with Crippen molar-refractivity contribution in [2.75, 3.05) is 18.9 Å². The highest BCUT2D eigenvalue weighted by molar-refractivity contribution is 6.29. The van der Waals surface area contributed by atoms with Crippen molar-refractivity contribution in [1.29, 1.82) is 0 Å². The summed E-state index contributed by atoms with van der Waals surface area (Å²) in [5.41, 5.74) is 0.869. The van der Waals surface area contributed by atoms with E-state index in [0.717, 1.165) is 13.0 Å². The Balaban J connectivity index is 2.01. The van der Waals surface area contributed by atoms with Gasteiger partial charge in [0.2, 0.25) is 0 Å². The predicted octanol–water partition coefficient (Wildman–Crippen LogP) is 3.09. The fourth-order valence-corrected chi connectivity index (χ4v) is 2.67. The fraction of sp³-hybridized carbons (Fsp3) is 0.571. The van der Waals surface area contributed by atoms with Crippen LogP contribution in [0.2, 0.25) is 5.15 Å². The van der Waals surface area contributed by atoms with Crippen LogP contribution in [0.1, 0.15) is 43.0 Å². The Kier molecular flexibility index (Phi) is 4.30. The molecule has 0 aliphatic heterocycles. The van der Waals surface area contributed by atoms with Crippen molar-refractivity contribution >= 4 is 23.3 Å². The first kappa shape index (κ1) is 14.1. The van der Waals surface area contributed by atoms with E-state index in [1.54, 1.807) is 19.2 Å². The Morgan fingerprint density at radius 2 is 2.21 bits per heavy atom. The van der Waals surface area contributed by atoms with Crippen LogP contribution >= 0.6 is 11.6 Å². The molecule has 0 spiro atoms. The highest BCUT2D eigenvalue weighted by Gasteiger charge is 2.35. The second kappa shape index (κ2) is 5.78. The van der Waals surface area contributed by atoms with Gasteiger partial charge in [0.25, 0.3) is 5.91 Å². The molecule has 1 aliphatic rings. The molecule has 0 aromatic carbocycles. The number of nitrogens with one attached hydrogen (secondary N) is 2. The fourth-order valence-electron chi connectivity index (χ4n) is 2.46. The molecule has 5 heteroatoms. The van der Waals surface area contributed by atoms with Gasteiger partial charge < -0.3 is 10.6 Å². The molecule has 0 saturated heterocycles. The summed E-state index contributed by atoms with van der Waals surface area (Å²) in [7, 11) is 1.75. The smallest absolute Gasteiger partial charge is 0.251 e. The molecular weight excluding hydrogens is 262 g/mol. The number of carbonyl (C=O) groups excluding carboxylic acids is 1. The van der Waals surface area contributed by atoms with Crippen molar-refractivity contribution in [2.45, 2.75) is 32.6 Å². The number of halogens is 1. The third-order valence-corrected chi connectivity index (χ3v) is 4.29. The minimum Gasteiger partial charge on any atom is -0.373 e. The molecule has 4 nitrogen and oxygen atoms in total. The number of nitrogens with zero attached hydrogens (tertiary/aromatic N) is 1. The summed E-state index contributed by atoms with van der Waals surface area (Å²) < 4.78 is 0. The molecule has 1 fully saturated rings. The van der Waals surface area contributed by atoms with Crippen LogP contribution in [0.3, 0.4) is 0 Å². The molecule has 0 radical (unpaired) electrons. The zero-order chi connectivity index (χ0) is 13.9. The Morgan fingerprint density at radius 1 is 1.47 bits per heavy atom. The van der Waals surface area contributed by atoms with E-state index in [1.807, 2.05) is 0 Å². The van der Waals surface area contributed by atoms with Crippen molar-refractivity contribution in [3.63, 3.8) is 0 Å². The zero-order valence-electron chi connectivity index (χ0n) is 11.4. The molecule has 1 aromatic heterocycles. The molecule has 0 atom stereocenters. The van der Waals surface area contributed by atoms with Crippen LogP contribution in [0.4, 0.5) is 5.82 Å². The van der Waals surface area contributed by atoms with E-state index in [1.165, 1.54) is 19.3 Å². The average Bonchev–Trinajstić information content (AvgIpc) is 2.37. The maximum absolute atomic E-state index is 12.1. The number of hydrogen-bond acceptors (Lipinski definition) is 3. The van der Waals surface area contributed by atoms with Crippen LogP contribution in [-0.4, -0.2) is 24.5 Å². The van der Waals surface area contributed by atoms with Gasteiger partial charge in [0.15, 0.2) is 0 Å². The van der Waals surface area contributed by atoms with Gasteiger partial charge >= 0.3 is 0 Å². The maximum atomic E-state index is 12.1. The summed E-state index contributed by atoms with van der Waals surface area (Å²) in [5, 5.41) is 6.24. The normalized spacial score (nSPS) is 16.6. The van der Waals surface area contributed by atoms with Gasteiger partial charge in [-0.1, -0.05) is 24.9 Å². The second-order valence-corrected chi connectivity index (χ2v) is 5.59. The summed E-state index contributed by atoms with van der Waals surface area (Å²) in [6, 6.07) is 3.30. The first-order valence-corrected chi connectivity index (χ1v) is 7.10. The predicted molar refractivity (Wildman–Crippen MR) is 77.7 cm³/mol. The van der Waals surface area contributed by atoms with Gasteiger partial charge in [0, 0.05) is 19.2 Å². The molecule has 0 unspecified atom stereocenters. The number of hydrogen-bond donors (Lipinski definition) is 2. The average molecular weight is 282 g/mol. The van der Waals surface area contributed by atoms with Crippen LogP contribution in [0, 0.1) is 5.41 Å². The van der Waals surface area contributed by atoms with Crippen LogP contribution in [-0.2, 0) is 0 Å². The number of carbonyl (C=O) groups is 1. The summed E-state index contributed by atoms with van der Waals surface area (Å²) >= 11 is 5.90. The van der Waals surface area contributed by atoms with E-state index in [-0.39, 0.29) is 5.91 Å². The maximum Gasteiger partial charge on any atom is 0.251 e. The topological polar surface area (TPSA) is 54.0 Å². The number of amides is 1. The van der Waals surface area contributed by atoms with Crippen LogP contribution in [0.5, 0.6) is 0 Å². The van der Waals surface area contributed by atoms with Gasteiger partial charge in [0.1, 0.15) is 11.0 Å². The van der Waals surface area contributed by atoms with Crippen molar-refractivity contribution in [3.8, 4) is 0 Å². The summed E-state index contributed by atoms with van der Waals surface area (Å²) in [6.07, 6.45) is 4.81. The van der Waals surface area contributed by atoms with Gasteiger partial charge in [-0.3, -0.25) is 4.79 Å². The standard InChI is InChI=1S/C14H20ClN3O/c1-3-14(5-4-6-14)9-17-13(19)10-7-11(15)18-12(8-10)16-2/h7-8H,3-6,9H2,1-2H3,(H,16,18)(H,17,19). The summed E-state index contributed by atoms with van der Waals surface area (Å²) in [6.45, 7) is 2.94. The molecule has 1 aliphatic carbocycles. The molecule has 2 rings (SSSR count). The first-order valence-electron chi connectivity index (χ1n) is 6.72. The van der Waals surface area contributed by atoms with E-state index < -0.39 is 0 Å². The van der Waals surface area contributed by atoms with Crippen LogP contribution < -0.4 is 10.6 Å². The van der Waals surface area contributed by atoms with Gasteiger partial charge in [-0.2, -0.15) is 0 Å². The van der Waals surface area contributed by atoms with Gasteiger partial charge in [-0.15, -0.1) is 0 Å². The van der Waals surface area contributed by atoms with Gasteiger partial charge in [-0.25, -0.2) is 4.98 Å². The third-order valence-electron chi connectivity index (χ3n) is 4.10. The molecule has 1 heterocycles. The Hall–Kier alpha value is -1.29. The highest BCUT2D eigenvalue weighted by Crippen LogP contribution is 2.43. The second-order valence-electron chi connectivity index (χ2n) is 5.20. The Labute approximate surface area is 118 Å². The molecule has 1 aromatic rings. The van der Waals surface area contributed by atoms with E-state index in [0.29, 0.717) is 21.9 Å². The largest absolute Gasteiger partial charge is 0.373 e. The highest BCUT2D eigenvalue weighted by atomic mass is 35.5. The molecule has 1 saturated carbocycles. The lowest BCUT2D eigenvalue weighted by Crippen LogP contribution is -2.41. The van der Waals surface area contributed by atoms with Crippen molar-refractivity contribution in [2.24, 2.45) is 5.41 Å². The lowest BCUT2D eigenvalue weighted by Gasteiger charge is -2.41. The lowest BCUT2D eigenvalue weighted by atomic mass is 9.67. The number of aromatic nitrogens is 1. The van der Waals surface area contributed by atoms with Crippen LogP contribution in [0.15, 0.2) is 12.1 Å². The zero-order valence-corrected chi connectivity index (χ0v) is 12.2. The van der Waals surface area contributed by atoms with Gasteiger partial charge in [-0.05, 0) is 36.8 Å². The summed E-state index contributed by atoms with van der Waals surface area (Å²) in [5.74, 6) is 0.520. The van der Waals surface area contributed by atoms with Crippen LogP contribution in [0.25, 0.3) is 0 Å². The number of pyridine rings is 1. The lowest BCUT2D eigenvalue weighted by molar-refractivity contribution is 0.0850. The number of rotatable bonds is 5. The molecule has 0 bridgehead atoms. The van der Waals surface area contributed by atoms with Gasteiger partial charge in [0.05, 0.1) is 0 Å². The number of anilines is 1. The summed E-state index contributed by atoms with van der Waals surface area (Å²) in [4.78, 5) is 16.2. The molecule has 104 valence electrons. The minimum absolute atomic E-state index is 0.0828. The van der Waals surface area contributed by atoms with E-state index in [9.17, 15) is 4.79 Å². The van der Waals surface area contributed by atoms with Crippen molar-refractivity contribution in [3.05, 3.63) is 22.8 Å². The first-order chi connectivity index (χ1) is 9.08. The third kappa shape index (κ3) is 3.18. The molecule has 1 amide bonds. The Bertz CT molecular complexity index is 466.